The van der Waals surface area contributed by atoms with Crippen LogP contribution in [0.25, 0.3) is 44.5 Å². The van der Waals surface area contributed by atoms with Crippen molar-refractivity contribution in [2.75, 3.05) is 11.0 Å². The van der Waals surface area contributed by atoms with Crippen molar-refractivity contribution in [1.82, 2.24) is 25.1 Å². The molecule has 0 spiro atoms. The number of pyridine rings is 2. The molecule has 0 unspecified atom stereocenters. The summed E-state index contributed by atoms with van der Waals surface area (Å²) in [6, 6.07) is 10.5. The van der Waals surface area contributed by atoms with E-state index in [1.807, 2.05) is 12.1 Å². The van der Waals surface area contributed by atoms with Gasteiger partial charge >= 0.3 is 0 Å². The number of hydrogen-bond donors (Lipinski definition) is 4. The summed E-state index contributed by atoms with van der Waals surface area (Å²) in [5.74, 6) is -0.625. The Morgan fingerprint density at radius 3 is 2.70 bits per heavy atom. The van der Waals surface area contributed by atoms with Crippen molar-refractivity contribution in [3.63, 3.8) is 0 Å². The van der Waals surface area contributed by atoms with Gasteiger partial charge in [-0.05, 0) is 30.3 Å². The molecule has 0 saturated heterocycles. The van der Waals surface area contributed by atoms with Gasteiger partial charge in [-0.1, -0.05) is 6.07 Å². The van der Waals surface area contributed by atoms with E-state index in [4.69, 9.17) is 5.53 Å². The first-order valence-electron chi connectivity index (χ1n) is 9.63. The van der Waals surface area contributed by atoms with E-state index in [1.54, 1.807) is 36.7 Å². The number of rotatable bonds is 5. The fourth-order valence-electron chi connectivity index (χ4n) is 3.67. The SMILES string of the molecule is CS(=O)(=O)Nc1cncc(-c2cnc3n[nH]c(-c4cc5c(C(=O)N=N)cccc5[nH]4)c3c2)c1. The largest absolute Gasteiger partial charge is 0.353 e. The van der Waals surface area contributed by atoms with Crippen LogP contribution in [0.2, 0.25) is 0 Å². The number of carbonyl (C=O) groups excluding carboxylic acids is 1. The third-order valence-corrected chi connectivity index (χ3v) is 5.66. The number of aromatic nitrogens is 5. The zero-order valence-corrected chi connectivity index (χ0v) is 17.9. The Labute approximate surface area is 186 Å². The monoisotopic (exact) mass is 460 g/mol. The van der Waals surface area contributed by atoms with Crippen LogP contribution in [0.4, 0.5) is 5.69 Å². The molecule has 4 N–H and O–H groups in total. The van der Waals surface area contributed by atoms with Gasteiger partial charge in [0.1, 0.15) is 0 Å². The van der Waals surface area contributed by atoms with Gasteiger partial charge in [0.05, 0.1) is 35.1 Å². The molecular weight excluding hydrogens is 444 g/mol. The Morgan fingerprint density at radius 1 is 1.09 bits per heavy atom. The molecule has 12 heteroatoms. The maximum atomic E-state index is 12.0. The minimum Gasteiger partial charge on any atom is -0.353 e. The van der Waals surface area contributed by atoms with E-state index in [9.17, 15) is 13.2 Å². The molecule has 0 aliphatic carbocycles. The van der Waals surface area contributed by atoms with Crippen LogP contribution >= 0.6 is 0 Å². The lowest BCUT2D eigenvalue weighted by Crippen LogP contribution is -2.09. The lowest BCUT2D eigenvalue weighted by atomic mass is 10.1. The number of anilines is 1. The third kappa shape index (κ3) is 3.83. The Hall–Kier alpha value is -4.45. The highest BCUT2D eigenvalue weighted by atomic mass is 32.2. The zero-order valence-electron chi connectivity index (χ0n) is 17.1. The predicted molar refractivity (Wildman–Crippen MR) is 122 cm³/mol. The fourth-order valence-corrected chi connectivity index (χ4v) is 4.21. The lowest BCUT2D eigenvalue weighted by Gasteiger charge is -2.06. The number of amides is 1. The second-order valence-electron chi connectivity index (χ2n) is 7.40. The van der Waals surface area contributed by atoms with Gasteiger partial charge in [0, 0.05) is 39.8 Å². The zero-order chi connectivity index (χ0) is 23.2. The molecule has 1 amide bonds. The van der Waals surface area contributed by atoms with Crippen molar-refractivity contribution >= 4 is 43.6 Å². The number of fused-ring (bicyclic) bond motifs is 2. The standard InChI is InChI=1S/C21H16N8O3S/c1-33(31,32)29-13-5-11(8-23-10-13)12-6-16-19(27-28-20(16)24-9-12)18-7-15-14(21(30)26-22)3-2-4-17(15)25-18/h2-10,22,25,29H,1H3,(H,24,27,28). The van der Waals surface area contributed by atoms with Crippen molar-refractivity contribution in [3.05, 3.63) is 60.6 Å². The number of hydrogen-bond acceptors (Lipinski definition) is 7. The molecule has 33 heavy (non-hydrogen) atoms. The highest BCUT2D eigenvalue weighted by molar-refractivity contribution is 7.92. The number of benzene rings is 1. The van der Waals surface area contributed by atoms with Crippen LogP contribution in [-0.4, -0.2) is 45.7 Å². The molecule has 0 aliphatic rings. The normalized spacial score (nSPS) is 11.7. The first-order valence-corrected chi connectivity index (χ1v) is 11.5. The quantitative estimate of drug-likeness (QED) is 0.291. The van der Waals surface area contributed by atoms with Gasteiger partial charge < -0.3 is 4.98 Å². The molecule has 0 atom stereocenters. The van der Waals surface area contributed by atoms with E-state index in [2.05, 4.69) is 35.0 Å². The topological polar surface area (TPSA) is 170 Å². The van der Waals surface area contributed by atoms with Crippen LogP contribution in [0.1, 0.15) is 10.4 Å². The number of sulfonamides is 1. The van der Waals surface area contributed by atoms with Crippen LogP contribution < -0.4 is 4.72 Å². The maximum absolute atomic E-state index is 12.0. The number of aromatic amines is 2. The van der Waals surface area contributed by atoms with Crippen LogP contribution in [0, 0.1) is 5.53 Å². The first-order chi connectivity index (χ1) is 15.8. The molecule has 5 rings (SSSR count). The summed E-state index contributed by atoms with van der Waals surface area (Å²) in [6.07, 6.45) is 5.74. The van der Waals surface area contributed by atoms with Crippen molar-refractivity contribution in [2.45, 2.75) is 0 Å². The summed E-state index contributed by atoms with van der Waals surface area (Å²) >= 11 is 0. The second kappa shape index (κ2) is 7.60. The molecule has 0 fully saturated rings. The summed E-state index contributed by atoms with van der Waals surface area (Å²) in [5.41, 5.74) is 11.7. The highest BCUT2D eigenvalue weighted by Crippen LogP contribution is 2.32. The molecule has 11 nitrogen and oxygen atoms in total. The van der Waals surface area contributed by atoms with E-state index in [0.29, 0.717) is 39.2 Å². The van der Waals surface area contributed by atoms with E-state index in [0.717, 1.165) is 22.7 Å². The number of carbonyl (C=O) groups is 1. The second-order valence-corrected chi connectivity index (χ2v) is 9.15. The molecule has 0 saturated carbocycles. The van der Waals surface area contributed by atoms with Gasteiger partial charge in [0.2, 0.25) is 10.0 Å². The Balaban J connectivity index is 1.61. The van der Waals surface area contributed by atoms with Gasteiger partial charge in [0.15, 0.2) is 5.65 Å². The van der Waals surface area contributed by atoms with E-state index in [1.165, 1.54) is 6.20 Å². The highest BCUT2D eigenvalue weighted by Gasteiger charge is 2.16. The number of nitrogens with zero attached hydrogens (tertiary/aromatic N) is 4. The average molecular weight is 460 g/mol. The average Bonchev–Trinajstić information content (AvgIpc) is 3.40. The van der Waals surface area contributed by atoms with E-state index in [-0.39, 0.29) is 0 Å². The van der Waals surface area contributed by atoms with Crippen LogP contribution in [0.15, 0.2) is 60.1 Å². The summed E-state index contributed by atoms with van der Waals surface area (Å²) in [6.45, 7) is 0. The fraction of sp³-hybridized carbons (Fsp3) is 0.0476. The smallest absolute Gasteiger partial charge is 0.295 e. The molecule has 0 radical (unpaired) electrons. The Kier molecular flexibility index (Phi) is 4.71. The van der Waals surface area contributed by atoms with Crippen molar-refractivity contribution in [1.29, 1.82) is 5.53 Å². The summed E-state index contributed by atoms with van der Waals surface area (Å²) in [5, 5.41) is 11.6. The lowest BCUT2D eigenvalue weighted by molar-refractivity contribution is 0.0992. The van der Waals surface area contributed by atoms with Gasteiger partial charge in [-0.2, -0.15) is 5.10 Å². The Morgan fingerprint density at radius 2 is 1.91 bits per heavy atom. The first kappa shape index (κ1) is 20.5. The molecule has 4 aromatic heterocycles. The summed E-state index contributed by atoms with van der Waals surface area (Å²) < 4.78 is 25.5. The van der Waals surface area contributed by atoms with Crippen LogP contribution in [-0.2, 0) is 10.0 Å². The van der Waals surface area contributed by atoms with Crippen LogP contribution in [0.5, 0.6) is 0 Å². The van der Waals surface area contributed by atoms with Gasteiger partial charge in [-0.15, -0.1) is 5.11 Å². The van der Waals surface area contributed by atoms with Crippen LogP contribution in [0.3, 0.4) is 0 Å². The molecule has 1 aromatic carbocycles. The predicted octanol–water partition coefficient (Wildman–Crippen LogP) is 3.71. The van der Waals surface area contributed by atoms with E-state index >= 15 is 0 Å². The summed E-state index contributed by atoms with van der Waals surface area (Å²) in [4.78, 5) is 23.8. The van der Waals surface area contributed by atoms with Crippen molar-refractivity contribution in [2.24, 2.45) is 5.11 Å². The number of H-pyrrole nitrogens is 2. The molecule has 5 aromatic rings. The molecule has 0 bridgehead atoms. The van der Waals surface area contributed by atoms with Gasteiger partial charge in [-0.25, -0.2) is 18.9 Å². The minimum atomic E-state index is -3.44. The van der Waals surface area contributed by atoms with Crippen molar-refractivity contribution in [3.8, 4) is 22.5 Å². The number of nitrogens with one attached hydrogen (secondary N) is 4. The summed E-state index contributed by atoms with van der Waals surface area (Å²) in [7, 11) is -3.44. The van der Waals surface area contributed by atoms with Gasteiger partial charge in [-0.3, -0.25) is 19.6 Å². The van der Waals surface area contributed by atoms with E-state index < -0.39 is 15.9 Å². The third-order valence-electron chi connectivity index (χ3n) is 5.05. The molecule has 4 heterocycles. The van der Waals surface area contributed by atoms with Gasteiger partial charge in [0.25, 0.3) is 5.91 Å². The maximum Gasteiger partial charge on any atom is 0.295 e. The Bertz CT molecular complexity index is 1670. The minimum absolute atomic E-state index is 0.328. The molecule has 164 valence electrons. The van der Waals surface area contributed by atoms with Crippen molar-refractivity contribution < 1.29 is 13.2 Å². The molecular formula is C21H16N8O3S. The molecule has 0 aliphatic heterocycles.